The van der Waals surface area contributed by atoms with E-state index in [-0.39, 0.29) is 10.8 Å². The lowest BCUT2D eigenvalue weighted by Gasteiger charge is -2.17. The number of aromatic nitrogens is 1. The van der Waals surface area contributed by atoms with Crippen LogP contribution in [0.3, 0.4) is 0 Å². The zero-order valence-corrected chi connectivity index (χ0v) is 15.6. The maximum absolute atomic E-state index is 12.8. The number of rotatable bonds is 4. The normalized spacial score (nSPS) is 15.0. The Morgan fingerprint density at radius 1 is 1.20 bits per heavy atom. The van der Waals surface area contributed by atoms with Gasteiger partial charge in [-0.05, 0) is 50.5 Å². The molecule has 0 atom stereocenters. The second-order valence-electron chi connectivity index (χ2n) is 6.35. The minimum absolute atomic E-state index is 0.117. The van der Waals surface area contributed by atoms with Crippen molar-refractivity contribution in [1.29, 1.82) is 0 Å². The van der Waals surface area contributed by atoms with Crippen molar-refractivity contribution in [3.05, 3.63) is 47.3 Å². The zero-order chi connectivity index (χ0) is 18.2. The molecule has 2 aromatic rings. The third kappa shape index (κ3) is 3.28. The number of carbonyl (C=O) groups excluding carboxylic acids is 1. The van der Waals surface area contributed by atoms with E-state index in [1.54, 1.807) is 21.7 Å². The molecule has 134 valence electrons. The monoisotopic (exact) mass is 361 g/mol. The Hall–Kier alpha value is -2.28. The van der Waals surface area contributed by atoms with E-state index < -0.39 is 10.0 Å². The molecule has 1 aromatic carbocycles. The van der Waals surface area contributed by atoms with Crippen molar-refractivity contribution < 1.29 is 13.2 Å². The number of fused-ring (bicyclic) bond motifs is 1. The molecule has 0 aliphatic carbocycles. The average molecular weight is 361 g/mol. The molecule has 0 radical (unpaired) electrons. The smallest absolute Gasteiger partial charge is 0.270 e. The van der Waals surface area contributed by atoms with E-state index in [1.807, 2.05) is 32.9 Å². The Balaban J connectivity index is 1.95. The summed E-state index contributed by atoms with van der Waals surface area (Å²) in [7, 11) is -3.75. The van der Waals surface area contributed by atoms with E-state index in [9.17, 15) is 13.2 Å². The van der Waals surface area contributed by atoms with Crippen LogP contribution in [-0.4, -0.2) is 36.9 Å². The number of carbonyl (C=O) groups is 1. The average Bonchev–Trinajstić information content (AvgIpc) is 2.94. The number of hydrogen-bond donors (Lipinski definition) is 1. The first kappa shape index (κ1) is 17.5. The predicted molar refractivity (Wildman–Crippen MR) is 97.4 cm³/mol. The SMILES string of the molecule is CCN1CCCn2cc(S(=O)(=O)Nc3cccc(C)c3C)cc2C1=O. The van der Waals surface area contributed by atoms with E-state index in [4.69, 9.17) is 0 Å². The Morgan fingerprint density at radius 2 is 1.96 bits per heavy atom. The first-order valence-corrected chi connectivity index (χ1v) is 9.90. The highest BCUT2D eigenvalue weighted by atomic mass is 32.2. The van der Waals surface area contributed by atoms with E-state index in [0.717, 1.165) is 17.5 Å². The molecule has 0 saturated carbocycles. The van der Waals surface area contributed by atoms with Crippen molar-refractivity contribution in [2.24, 2.45) is 0 Å². The van der Waals surface area contributed by atoms with Gasteiger partial charge in [0.2, 0.25) is 0 Å². The lowest BCUT2D eigenvalue weighted by atomic mass is 10.1. The Bertz CT molecular complexity index is 916. The molecule has 2 heterocycles. The molecule has 1 aliphatic heterocycles. The van der Waals surface area contributed by atoms with Crippen LogP contribution in [0.2, 0.25) is 0 Å². The van der Waals surface area contributed by atoms with Gasteiger partial charge in [-0.2, -0.15) is 0 Å². The van der Waals surface area contributed by atoms with Crippen LogP contribution in [0.1, 0.15) is 35.0 Å². The lowest BCUT2D eigenvalue weighted by molar-refractivity contribution is 0.0766. The highest BCUT2D eigenvalue weighted by molar-refractivity contribution is 7.92. The first-order chi connectivity index (χ1) is 11.8. The summed E-state index contributed by atoms with van der Waals surface area (Å²) in [5.74, 6) is -0.117. The first-order valence-electron chi connectivity index (χ1n) is 8.42. The Labute approximate surface area is 148 Å². The summed E-state index contributed by atoms with van der Waals surface area (Å²) in [6.07, 6.45) is 2.37. The van der Waals surface area contributed by atoms with Crippen molar-refractivity contribution in [3.8, 4) is 0 Å². The number of aryl methyl sites for hydroxylation is 2. The van der Waals surface area contributed by atoms with Gasteiger partial charge in [0.1, 0.15) is 10.6 Å². The van der Waals surface area contributed by atoms with Gasteiger partial charge in [0, 0.05) is 25.8 Å². The molecule has 0 unspecified atom stereocenters. The number of nitrogens with zero attached hydrogens (tertiary/aromatic N) is 2. The van der Waals surface area contributed by atoms with E-state index in [1.165, 1.54) is 6.07 Å². The fourth-order valence-corrected chi connectivity index (χ4v) is 4.22. The quantitative estimate of drug-likeness (QED) is 0.910. The van der Waals surface area contributed by atoms with Crippen LogP contribution in [0.4, 0.5) is 5.69 Å². The van der Waals surface area contributed by atoms with E-state index >= 15 is 0 Å². The summed E-state index contributed by atoms with van der Waals surface area (Å²) in [6, 6.07) is 6.97. The summed E-state index contributed by atoms with van der Waals surface area (Å²) in [5.41, 5.74) is 2.89. The van der Waals surface area contributed by atoms with Crippen molar-refractivity contribution in [2.75, 3.05) is 17.8 Å². The molecule has 1 N–H and O–H groups in total. The molecule has 0 bridgehead atoms. The summed E-state index contributed by atoms with van der Waals surface area (Å²) in [6.45, 7) is 7.69. The van der Waals surface area contributed by atoms with Gasteiger partial charge >= 0.3 is 0 Å². The molecule has 1 aromatic heterocycles. The molecule has 0 saturated heterocycles. The van der Waals surface area contributed by atoms with Crippen LogP contribution in [0.25, 0.3) is 0 Å². The number of sulfonamides is 1. The van der Waals surface area contributed by atoms with Gasteiger partial charge in [-0.15, -0.1) is 0 Å². The number of amides is 1. The minimum atomic E-state index is -3.75. The second kappa shape index (κ2) is 6.55. The van der Waals surface area contributed by atoms with Gasteiger partial charge in [-0.1, -0.05) is 12.1 Å². The molecule has 1 amide bonds. The third-order valence-corrected chi connectivity index (χ3v) is 6.08. The Morgan fingerprint density at radius 3 is 2.68 bits per heavy atom. The van der Waals surface area contributed by atoms with Crippen LogP contribution in [0.15, 0.2) is 35.4 Å². The standard InChI is InChI=1S/C18H23N3O3S/c1-4-20-9-6-10-21-12-15(11-17(21)18(20)22)25(23,24)19-16-8-5-7-13(2)14(16)3/h5,7-8,11-12,19H,4,6,9-10H2,1-3H3. The zero-order valence-electron chi connectivity index (χ0n) is 14.7. The van der Waals surface area contributed by atoms with Crippen molar-refractivity contribution in [2.45, 2.75) is 38.6 Å². The van der Waals surface area contributed by atoms with Crippen molar-refractivity contribution in [1.82, 2.24) is 9.47 Å². The topological polar surface area (TPSA) is 71.4 Å². The van der Waals surface area contributed by atoms with Crippen molar-refractivity contribution in [3.63, 3.8) is 0 Å². The Kier molecular flexibility index (Phi) is 4.60. The molecule has 1 aliphatic rings. The third-order valence-electron chi connectivity index (χ3n) is 4.75. The van der Waals surface area contributed by atoms with Gasteiger partial charge < -0.3 is 9.47 Å². The molecule has 6 nitrogen and oxygen atoms in total. The van der Waals surface area contributed by atoms with Gasteiger partial charge in [0.05, 0.1) is 5.69 Å². The minimum Gasteiger partial charge on any atom is -0.342 e. The molecule has 25 heavy (non-hydrogen) atoms. The van der Waals surface area contributed by atoms with E-state index in [0.29, 0.717) is 31.0 Å². The van der Waals surface area contributed by atoms with Crippen molar-refractivity contribution >= 4 is 21.6 Å². The lowest BCUT2D eigenvalue weighted by Crippen LogP contribution is -2.30. The summed E-state index contributed by atoms with van der Waals surface area (Å²) in [5, 5.41) is 0. The maximum atomic E-state index is 12.8. The van der Waals surface area contributed by atoms with Gasteiger partial charge in [0.25, 0.3) is 15.9 Å². The fourth-order valence-electron chi connectivity index (χ4n) is 3.06. The summed E-state index contributed by atoms with van der Waals surface area (Å²) in [4.78, 5) is 14.4. The molecule has 0 fully saturated rings. The molecular formula is C18H23N3O3S. The van der Waals surface area contributed by atoms with Crippen LogP contribution in [0.5, 0.6) is 0 Å². The van der Waals surface area contributed by atoms with Gasteiger partial charge in [-0.25, -0.2) is 8.42 Å². The number of hydrogen-bond acceptors (Lipinski definition) is 3. The molecule has 7 heteroatoms. The molecular weight excluding hydrogens is 338 g/mol. The highest BCUT2D eigenvalue weighted by Gasteiger charge is 2.26. The molecule has 0 spiro atoms. The summed E-state index contributed by atoms with van der Waals surface area (Å²) >= 11 is 0. The van der Waals surface area contributed by atoms with Crippen LogP contribution in [-0.2, 0) is 16.6 Å². The second-order valence-corrected chi connectivity index (χ2v) is 8.03. The van der Waals surface area contributed by atoms with E-state index in [2.05, 4.69) is 4.72 Å². The number of anilines is 1. The fraction of sp³-hybridized carbons (Fsp3) is 0.389. The van der Waals surface area contributed by atoms with Crippen LogP contribution < -0.4 is 4.72 Å². The van der Waals surface area contributed by atoms with Gasteiger partial charge in [-0.3, -0.25) is 9.52 Å². The van der Waals surface area contributed by atoms with Gasteiger partial charge in [0.15, 0.2) is 0 Å². The number of benzene rings is 1. The predicted octanol–water partition coefficient (Wildman–Crippen LogP) is 2.77. The number of nitrogens with one attached hydrogen (secondary N) is 1. The molecule has 3 rings (SSSR count). The van der Waals surface area contributed by atoms with Crippen LogP contribution >= 0.6 is 0 Å². The maximum Gasteiger partial charge on any atom is 0.270 e. The summed E-state index contributed by atoms with van der Waals surface area (Å²) < 4.78 is 29.9. The van der Waals surface area contributed by atoms with Crippen LogP contribution in [0, 0.1) is 13.8 Å². The highest BCUT2D eigenvalue weighted by Crippen LogP contribution is 2.24. The largest absolute Gasteiger partial charge is 0.342 e.